The number of carbonyl (C=O) groups excluding carboxylic acids is 2. The van der Waals surface area contributed by atoms with E-state index in [4.69, 9.17) is 4.74 Å². The zero-order valence-corrected chi connectivity index (χ0v) is 14.3. The molecule has 0 spiro atoms. The van der Waals surface area contributed by atoms with Crippen LogP contribution in [-0.2, 0) is 9.59 Å². The minimum atomic E-state index is -0.414. The standard InChI is InChI=1S/C20H24N2O3/c23-19(21-15-10-11-15)18-12-17(25-16-8-2-1-3-9-16)13-22(18)20(24)14-6-4-5-7-14/h1-5,8-9,14-15,17-18H,6-7,10-13H2,(H,21,23)/t17-,18-/m0/s1. The van der Waals surface area contributed by atoms with E-state index >= 15 is 0 Å². The van der Waals surface area contributed by atoms with Gasteiger partial charge in [-0.15, -0.1) is 0 Å². The van der Waals surface area contributed by atoms with Crippen LogP contribution >= 0.6 is 0 Å². The van der Waals surface area contributed by atoms with E-state index in [0.29, 0.717) is 19.0 Å². The van der Waals surface area contributed by atoms with E-state index in [9.17, 15) is 9.59 Å². The third-order valence-corrected chi connectivity index (χ3v) is 5.18. The van der Waals surface area contributed by atoms with Gasteiger partial charge in [-0.1, -0.05) is 30.4 Å². The molecule has 1 saturated carbocycles. The van der Waals surface area contributed by atoms with Gasteiger partial charge in [-0.05, 0) is 37.8 Å². The molecule has 0 bridgehead atoms. The maximum absolute atomic E-state index is 12.9. The maximum atomic E-state index is 12.9. The molecular weight excluding hydrogens is 316 g/mol. The molecule has 25 heavy (non-hydrogen) atoms. The van der Waals surface area contributed by atoms with E-state index < -0.39 is 6.04 Å². The normalized spacial score (nSPS) is 26.0. The Morgan fingerprint density at radius 2 is 1.80 bits per heavy atom. The van der Waals surface area contributed by atoms with Crippen molar-refractivity contribution in [2.24, 2.45) is 5.92 Å². The first-order valence-corrected chi connectivity index (χ1v) is 9.18. The molecule has 0 radical (unpaired) electrons. The Labute approximate surface area is 148 Å². The molecule has 0 aromatic heterocycles. The number of para-hydroxylation sites is 1. The highest BCUT2D eigenvalue weighted by Gasteiger charge is 2.43. The predicted molar refractivity (Wildman–Crippen MR) is 94.0 cm³/mol. The van der Waals surface area contributed by atoms with E-state index in [2.05, 4.69) is 17.5 Å². The van der Waals surface area contributed by atoms with Gasteiger partial charge in [0.25, 0.3) is 0 Å². The number of likely N-dealkylation sites (tertiary alicyclic amines) is 1. The molecule has 2 atom stereocenters. The number of ether oxygens (including phenoxy) is 1. The lowest BCUT2D eigenvalue weighted by Crippen LogP contribution is -2.48. The number of nitrogens with zero attached hydrogens (tertiary/aromatic N) is 1. The van der Waals surface area contributed by atoms with Gasteiger partial charge < -0.3 is 15.0 Å². The van der Waals surface area contributed by atoms with Gasteiger partial charge in [0.1, 0.15) is 17.9 Å². The average Bonchev–Trinajstić information content (AvgIpc) is 3.12. The summed E-state index contributed by atoms with van der Waals surface area (Å²) in [5.74, 6) is 0.818. The lowest BCUT2D eigenvalue weighted by Gasteiger charge is -2.26. The highest BCUT2D eigenvalue weighted by Crippen LogP contribution is 2.29. The maximum Gasteiger partial charge on any atom is 0.243 e. The van der Waals surface area contributed by atoms with Crippen molar-refractivity contribution in [1.29, 1.82) is 0 Å². The third kappa shape index (κ3) is 3.70. The highest BCUT2D eigenvalue weighted by molar-refractivity contribution is 5.89. The summed E-state index contributed by atoms with van der Waals surface area (Å²) < 4.78 is 6.03. The van der Waals surface area contributed by atoms with Gasteiger partial charge in [-0.25, -0.2) is 0 Å². The first kappa shape index (κ1) is 16.2. The zero-order chi connectivity index (χ0) is 17.2. The van der Waals surface area contributed by atoms with Crippen molar-refractivity contribution in [1.82, 2.24) is 10.2 Å². The molecule has 1 aliphatic heterocycles. The van der Waals surface area contributed by atoms with E-state index in [1.807, 2.05) is 30.3 Å². The molecule has 5 nitrogen and oxygen atoms in total. The van der Waals surface area contributed by atoms with Crippen LogP contribution in [0, 0.1) is 5.92 Å². The molecule has 1 N–H and O–H groups in total. The van der Waals surface area contributed by atoms with Crippen LogP contribution < -0.4 is 10.1 Å². The number of hydrogen-bond donors (Lipinski definition) is 1. The van der Waals surface area contributed by atoms with E-state index in [1.54, 1.807) is 4.90 Å². The zero-order valence-electron chi connectivity index (χ0n) is 14.3. The first-order chi connectivity index (χ1) is 12.2. The summed E-state index contributed by atoms with van der Waals surface area (Å²) in [7, 11) is 0. The van der Waals surface area contributed by atoms with Gasteiger partial charge in [0, 0.05) is 18.4 Å². The van der Waals surface area contributed by atoms with Crippen LogP contribution in [-0.4, -0.2) is 41.4 Å². The summed E-state index contributed by atoms with van der Waals surface area (Å²) in [6, 6.07) is 9.49. The van der Waals surface area contributed by atoms with Crippen molar-refractivity contribution in [2.75, 3.05) is 6.54 Å². The van der Waals surface area contributed by atoms with Crippen molar-refractivity contribution in [3.05, 3.63) is 42.5 Å². The van der Waals surface area contributed by atoms with Crippen molar-refractivity contribution < 1.29 is 14.3 Å². The van der Waals surface area contributed by atoms with Crippen LogP contribution in [0.3, 0.4) is 0 Å². The van der Waals surface area contributed by atoms with Crippen LogP contribution in [0.1, 0.15) is 32.1 Å². The molecular formula is C20H24N2O3. The smallest absolute Gasteiger partial charge is 0.243 e. The third-order valence-electron chi connectivity index (χ3n) is 5.18. The van der Waals surface area contributed by atoms with Gasteiger partial charge in [-0.2, -0.15) is 0 Å². The van der Waals surface area contributed by atoms with Gasteiger partial charge >= 0.3 is 0 Å². The van der Waals surface area contributed by atoms with E-state index in [0.717, 1.165) is 31.4 Å². The average molecular weight is 340 g/mol. The van der Waals surface area contributed by atoms with Crippen molar-refractivity contribution >= 4 is 11.8 Å². The summed E-state index contributed by atoms with van der Waals surface area (Å²) in [6.07, 6.45) is 8.15. The van der Waals surface area contributed by atoms with Gasteiger partial charge in [0.15, 0.2) is 0 Å². The summed E-state index contributed by atoms with van der Waals surface area (Å²) in [6.45, 7) is 0.479. The second-order valence-corrected chi connectivity index (χ2v) is 7.22. The Hall–Kier alpha value is -2.30. The molecule has 1 saturated heterocycles. The van der Waals surface area contributed by atoms with E-state index in [-0.39, 0.29) is 23.8 Å². The molecule has 2 aliphatic carbocycles. The second kappa shape index (κ2) is 6.90. The van der Waals surface area contributed by atoms with Crippen LogP contribution in [0.5, 0.6) is 5.75 Å². The number of allylic oxidation sites excluding steroid dienone is 2. The molecule has 2 fully saturated rings. The predicted octanol–water partition coefficient (Wildman–Crippen LogP) is 2.28. The Kier molecular flexibility index (Phi) is 4.47. The molecule has 1 aromatic carbocycles. The second-order valence-electron chi connectivity index (χ2n) is 7.22. The number of nitrogens with one attached hydrogen (secondary N) is 1. The summed E-state index contributed by atoms with van der Waals surface area (Å²) in [5, 5.41) is 3.05. The van der Waals surface area contributed by atoms with Gasteiger partial charge in [0.05, 0.1) is 6.54 Å². The fourth-order valence-electron chi connectivity index (χ4n) is 3.64. The van der Waals surface area contributed by atoms with Crippen LogP contribution in [0.2, 0.25) is 0 Å². The lowest BCUT2D eigenvalue weighted by atomic mass is 10.0. The molecule has 1 aromatic rings. The topological polar surface area (TPSA) is 58.6 Å². The fraction of sp³-hybridized carbons (Fsp3) is 0.500. The number of amides is 2. The van der Waals surface area contributed by atoms with Gasteiger partial charge in [0.2, 0.25) is 11.8 Å². The molecule has 4 rings (SSSR count). The Morgan fingerprint density at radius 1 is 1.08 bits per heavy atom. The van der Waals surface area contributed by atoms with Crippen LogP contribution in [0.25, 0.3) is 0 Å². The van der Waals surface area contributed by atoms with Crippen molar-refractivity contribution in [3.8, 4) is 5.75 Å². The highest BCUT2D eigenvalue weighted by atomic mass is 16.5. The SMILES string of the molecule is O=C(NC1CC1)[C@@H]1C[C@H](Oc2ccccc2)CN1C(=O)C1CC=CC1. The molecule has 1 heterocycles. The van der Waals surface area contributed by atoms with Crippen molar-refractivity contribution in [3.63, 3.8) is 0 Å². The Morgan fingerprint density at radius 3 is 2.48 bits per heavy atom. The summed E-state index contributed by atoms with van der Waals surface area (Å²) >= 11 is 0. The summed E-state index contributed by atoms with van der Waals surface area (Å²) in [5.41, 5.74) is 0. The minimum Gasteiger partial charge on any atom is -0.488 e. The monoisotopic (exact) mass is 340 g/mol. The largest absolute Gasteiger partial charge is 0.488 e. The lowest BCUT2D eigenvalue weighted by molar-refractivity contribution is -0.141. The number of rotatable bonds is 5. The first-order valence-electron chi connectivity index (χ1n) is 9.18. The molecule has 132 valence electrons. The molecule has 0 unspecified atom stereocenters. The quantitative estimate of drug-likeness (QED) is 0.837. The molecule has 3 aliphatic rings. The van der Waals surface area contributed by atoms with Gasteiger partial charge in [-0.3, -0.25) is 9.59 Å². The number of carbonyl (C=O) groups is 2. The number of benzene rings is 1. The fourth-order valence-corrected chi connectivity index (χ4v) is 3.64. The summed E-state index contributed by atoms with van der Waals surface area (Å²) in [4.78, 5) is 27.3. The molecule has 5 heteroatoms. The van der Waals surface area contributed by atoms with Crippen molar-refractivity contribution in [2.45, 2.75) is 50.3 Å². The van der Waals surface area contributed by atoms with Crippen LogP contribution in [0.15, 0.2) is 42.5 Å². The molecule has 2 amide bonds. The number of hydrogen-bond acceptors (Lipinski definition) is 3. The Bertz CT molecular complexity index is 661. The Balaban J connectivity index is 1.46. The van der Waals surface area contributed by atoms with Crippen LogP contribution in [0.4, 0.5) is 0 Å². The van der Waals surface area contributed by atoms with E-state index in [1.165, 1.54) is 0 Å². The minimum absolute atomic E-state index is 0.0216.